The maximum absolute atomic E-state index is 12.5. The number of pyridine rings is 1. The van der Waals surface area contributed by atoms with Gasteiger partial charge in [0.2, 0.25) is 5.91 Å². The molecule has 6 nitrogen and oxygen atoms in total. The summed E-state index contributed by atoms with van der Waals surface area (Å²) in [5.41, 5.74) is 1.20. The van der Waals surface area contributed by atoms with Gasteiger partial charge in [0.15, 0.2) is 0 Å². The fourth-order valence-electron chi connectivity index (χ4n) is 3.52. The van der Waals surface area contributed by atoms with Crippen LogP contribution in [-0.4, -0.2) is 22.0 Å². The number of hydrogen-bond acceptors (Lipinski definition) is 3. The summed E-state index contributed by atoms with van der Waals surface area (Å²) in [6.45, 7) is 0.191. The highest BCUT2D eigenvalue weighted by Gasteiger charge is 2.43. The maximum atomic E-state index is 12.5. The van der Waals surface area contributed by atoms with Gasteiger partial charge in [-0.05, 0) is 41.7 Å². The molecule has 1 aliphatic carbocycles. The van der Waals surface area contributed by atoms with Crippen LogP contribution in [0.4, 0.5) is 0 Å². The number of benzene rings is 2. The fraction of sp³-hybridized carbons (Fsp3) is 0.190. The van der Waals surface area contributed by atoms with E-state index in [-0.39, 0.29) is 29.9 Å². The van der Waals surface area contributed by atoms with Gasteiger partial charge in [0, 0.05) is 22.9 Å². The minimum atomic E-state index is -1.31. The second-order valence-electron chi connectivity index (χ2n) is 6.92. The molecular formula is C21H17ClN2O4. The highest BCUT2D eigenvalue weighted by Crippen LogP contribution is 2.47. The van der Waals surface area contributed by atoms with Crippen LogP contribution in [0, 0.1) is 5.92 Å². The van der Waals surface area contributed by atoms with Gasteiger partial charge in [0.25, 0.3) is 5.56 Å². The van der Waals surface area contributed by atoms with Crippen molar-refractivity contribution >= 4 is 34.4 Å². The second-order valence-corrected chi connectivity index (χ2v) is 7.36. The van der Waals surface area contributed by atoms with E-state index in [9.17, 15) is 14.4 Å². The van der Waals surface area contributed by atoms with Gasteiger partial charge in [-0.1, -0.05) is 41.9 Å². The molecule has 28 heavy (non-hydrogen) atoms. The molecule has 0 radical (unpaired) electrons. The first-order chi connectivity index (χ1) is 13.4. The number of fused-ring (bicyclic) bond motifs is 1. The van der Waals surface area contributed by atoms with E-state index in [0.717, 1.165) is 12.0 Å². The van der Waals surface area contributed by atoms with E-state index >= 15 is 0 Å². The number of carbonyl (C=O) groups excluding carboxylic acids is 1. The Kier molecular flexibility index (Phi) is 4.65. The van der Waals surface area contributed by atoms with E-state index in [1.807, 2.05) is 30.3 Å². The molecule has 1 saturated carbocycles. The first-order valence-corrected chi connectivity index (χ1v) is 9.23. The van der Waals surface area contributed by atoms with E-state index in [0.29, 0.717) is 21.5 Å². The van der Waals surface area contributed by atoms with Gasteiger partial charge in [-0.15, -0.1) is 0 Å². The van der Waals surface area contributed by atoms with Crippen LogP contribution in [0.25, 0.3) is 10.9 Å². The average molecular weight is 397 g/mol. The number of carboxylic acid groups (broad SMARTS) is 1. The summed E-state index contributed by atoms with van der Waals surface area (Å²) in [5.74, 6) is -1.19. The SMILES string of the molecule is O=C(O)c1cc2cc(Cl)cc(CNC(=O)[C@@H]3C[C@H]3c3ccccc3)c2[nH]c1=O. The Labute approximate surface area is 165 Å². The summed E-state index contributed by atoms with van der Waals surface area (Å²) in [4.78, 5) is 38.3. The van der Waals surface area contributed by atoms with Crippen LogP contribution in [-0.2, 0) is 11.3 Å². The minimum absolute atomic E-state index is 0.0496. The van der Waals surface area contributed by atoms with E-state index in [2.05, 4.69) is 10.3 Å². The normalized spacial score (nSPS) is 18.0. The van der Waals surface area contributed by atoms with Crippen molar-refractivity contribution in [3.8, 4) is 0 Å². The number of aromatic nitrogens is 1. The number of aromatic carboxylic acids is 1. The number of halogens is 1. The zero-order valence-electron chi connectivity index (χ0n) is 14.7. The van der Waals surface area contributed by atoms with Crippen molar-refractivity contribution in [2.24, 2.45) is 5.92 Å². The van der Waals surface area contributed by atoms with Crippen LogP contribution >= 0.6 is 11.6 Å². The molecular weight excluding hydrogens is 380 g/mol. The van der Waals surface area contributed by atoms with Crippen LogP contribution in [0.2, 0.25) is 5.02 Å². The Hall–Kier alpha value is -3.12. The zero-order chi connectivity index (χ0) is 19.8. The molecule has 7 heteroatoms. The number of carbonyl (C=O) groups is 2. The number of nitrogens with one attached hydrogen (secondary N) is 2. The molecule has 0 spiro atoms. The predicted octanol–water partition coefficient (Wildman–Crippen LogP) is 3.30. The molecule has 2 aromatic carbocycles. The summed E-state index contributed by atoms with van der Waals surface area (Å²) >= 11 is 6.14. The van der Waals surface area contributed by atoms with Crippen molar-refractivity contribution in [2.45, 2.75) is 18.9 Å². The summed E-state index contributed by atoms with van der Waals surface area (Å²) < 4.78 is 0. The Balaban J connectivity index is 1.54. The Morgan fingerprint density at radius 3 is 2.64 bits per heavy atom. The van der Waals surface area contributed by atoms with E-state index in [4.69, 9.17) is 16.7 Å². The average Bonchev–Trinajstić information content (AvgIpc) is 3.47. The Morgan fingerprint density at radius 2 is 1.93 bits per heavy atom. The third kappa shape index (κ3) is 3.51. The first kappa shape index (κ1) is 18.3. The predicted molar refractivity (Wildman–Crippen MR) is 106 cm³/mol. The molecule has 1 aromatic heterocycles. The van der Waals surface area contributed by atoms with Gasteiger partial charge in [0.05, 0.1) is 5.52 Å². The molecule has 3 N–H and O–H groups in total. The Bertz CT molecular complexity index is 1140. The van der Waals surface area contributed by atoms with Gasteiger partial charge in [-0.25, -0.2) is 4.79 Å². The van der Waals surface area contributed by atoms with Crippen molar-refractivity contribution in [2.75, 3.05) is 0 Å². The lowest BCUT2D eigenvalue weighted by Crippen LogP contribution is -2.25. The third-order valence-electron chi connectivity index (χ3n) is 5.04. The lowest BCUT2D eigenvalue weighted by atomic mass is 10.1. The molecule has 1 heterocycles. The van der Waals surface area contributed by atoms with E-state index < -0.39 is 11.5 Å². The molecule has 0 bridgehead atoms. The van der Waals surface area contributed by atoms with Crippen LogP contribution in [0.15, 0.2) is 53.3 Å². The van der Waals surface area contributed by atoms with Gasteiger partial charge in [0.1, 0.15) is 5.56 Å². The van der Waals surface area contributed by atoms with E-state index in [1.54, 1.807) is 12.1 Å². The monoisotopic (exact) mass is 396 g/mol. The smallest absolute Gasteiger partial charge is 0.341 e. The summed E-state index contributed by atoms with van der Waals surface area (Å²) in [5, 5.41) is 12.9. The summed E-state index contributed by atoms with van der Waals surface area (Å²) in [7, 11) is 0. The number of amides is 1. The van der Waals surface area contributed by atoms with Crippen molar-refractivity contribution < 1.29 is 14.7 Å². The lowest BCUT2D eigenvalue weighted by molar-refractivity contribution is -0.122. The quantitative estimate of drug-likeness (QED) is 0.616. The molecule has 142 valence electrons. The molecule has 3 aromatic rings. The molecule has 0 unspecified atom stereocenters. The van der Waals surface area contributed by atoms with Crippen molar-refractivity contribution in [3.05, 3.63) is 80.6 Å². The number of carboxylic acids is 1. The number of rotatable bonds is 5. The largest absolute Gasteiger partial charge is 0.477 e. The number of aromatic amines is 1. The maximum Gasteiger partial charge on any atom is 0.341 e. The Morgan fingerprint density at radius 1 is 1.18 bits per heavy atom. The molecule has 4 rings (SSSR count). The van der Waals surface area contributed by atoms with Crippen molar-refractivity contribution in [3.63, 3.8) is 0 Å². The zero-order valence-corrected chi connectivity index (χ0v) is 15.5. The van der Waals surface area contributed by atoms with Crippen LogP contribution in [0.1, 0.15) is 33.8 Å². The molecule has 0 saturated heterocycles. The van der Waals surface area contributed by atoms with Crippen molar-refractivity contribution in [1.82, 2.24) is 10.3 Å². The van der Waals surface area contributed by atoms with Crippen molar-refractivity contribution in [1.29, 1.82) is 0 Å². The summed E-state index contributed by atoms with van der Waals surface area (Å²) in [6, 6.07) is 14.4. The van der Waals surface area contributed by atoms with Gasteiger partial charge >= 0.3 is 5.97 Å². The molecule has 2 atom stereocenters. The number of H-pyrrole nitrogens is 1. The molecule has 1 fully saturated rings. The van der Waals surface area contributed by atoms with Gasteiger partial charge in [-0.2, -0.15) is 0 Å². The van der Waals surface area contributed by atoms with Crippen LogP contribution < -0.4 is 10.9 Å². The standard InChI is InChI=1S/C21H17ClN2O4/c22-14-6-12-8-17(21(27)28)20(26)24-18(12)13(7-14)10-23-19(25)16-9-15(16)11-4-2-1-3-5-11/h1-8,15-16H,9-10H2,(H,23,25)(H,24,26)(H,27,28)/t15-,16+/m0/s1. The first-order valence-electron chi connectivity index (χ1n) is 8.85. The topological polar surface area (TPSA) is 99.3 Å². The summed E-state index contributed by atoms with van der Waals surface area (Å²) in [6.07, 6.45) is 0.810. The highest BCUT2D eigenvalue weighted by molar-refractivity contribution is 6.31. The lowest BCUT2D eigenvalue weighted by Gasteiger charge is -2.10. The number of hydrogen-bond donors (Lipinski definition) is 3. The van der Waals surface area contributed by atoms with Crippen LogP contribution in [0.5, 0.6) is 0 Å². The molecule has 0 aliphatic heterocycles. The molecule has 1 amide bonds. The fourth-order valence-corrected chi connectivity index (χ4v) is 3.77. The minimum Gasteiger partial charge on any atom is -0.477 e. The van der Waals surface area contributed by atoms with E-state index in [1.165, 1.54) is 6.07 Å². The van der Waals surface area contributed by atoms with Gasteiger partial charge < -0.3 is 15.4 Å². The van der Waals surface area contributed by atoms with Gasteiger partial charge in [-0.3, -0.25) is 9.59 Å². The highest BCUT2D eigenvalue weighted by atomic mass is 35.5. The third-order valence-corrected chi connectivity index (χ3v) is 5.25. The second kappa shape index (κ2) is 7.13. The molecule has 1 aliphatic rings. The van der Waals surface area contributed by atoms with Crippen LogP contribution in [0.3, 0.4) is 0 Å².